The van der Waals surface area contributed by atoms with E-state index in [4.69, 9.17) is 4.74 Å². The van der Waals surface area contributed by atoms with E-state index >= 15 is 0 Å². The normalized spacial score (nSPS) is 22.7. The highest BCUT2D eigenvalue weighted by molar-refractivity contribution is 5.70. The Morgan fingerprint density at radius 2 is 1.81 bits per heavy atom. The van der Waals surface area contributed by atoms with Gasteiger partial charge in [-0.25, -0.2) is 4.79 Å². The van der Waals surface area contributed by atoms with Crippen molar-refractivity contribution in [1.82, 2.24) is 4.90 Å². The lowest BCUT2D eigenvalue weighted by Crippen LogP contribution is -2.43. The van der Waals surface area contributed by atoms with E-state index in [1.165, 1.54) is 5.56 Å². The van der Waals surface area contributed by atoms with Crippen LogP contribution < -0.4 is 0 Å². The van der Waals surface area contributed by atoms with Gasteiger partial charge < -0.3 is 4.74 Å². The molecule has 0 N–H and O–H groups in total. The molecule has 0 unspecified atom stereocenters. The molecular formula is C18H27NO2. The molecule has 1 aromatic carbocycles. The van der Waals surface area contributed by atoms with Crippen LogP contribution in [0.3, 0.4) is 0 Å². The van der Waals surface area contributed by atoms with E-state index in [0.717, 1.165) is 12.8 Å². The highest BCUT2D eigenvalue weighted by atomic mass is 16.6. The van der Waals surface area contributed by atoms with E-state index < -0.39 is 5.60 Å². The summed E-state index contributed by atoms with van der Waals surface area (Å²) in [7, 11) is 0. The fourth-order valence-corrected chi connectivity index (χ4v) is 3.07. The van der Waals surface area contributed by atoms with Crippen LogP contribution in [0.5, 0.6) is 0 Å². The average Bonchev–Trinajstić information content (AvgIpc) is 2.82. The monoisotopic (exact) mass is 289 g/mol. The number of likely N-dealkylation sites (tertiary alicyclic amines) is 1. The third kappa shape index (κ3) is 3.78. The molecule has 0 bridgehead atoms. The maximum absolute atomic E-state index is 12.7. The molecule has 0 aliphatic carbocycles. The van der Waals surface area contributed by atoms with E-state index in [9.17, 15) is 4.79 Å². The van der Waals surface area contributed by atoms with Crippen molar-refractivity contribution in [2.75, 3.05) is 0 Å². The Balaban J connectivity index is 2.27. The zero-order chi connectivity index (χ0) is 15.6. The van der Waals surface area contributed by atoms with Crippen molar-refractivity contribution in [1.29, 1.82) is 0 Å². The highest BCUT2D eigenvalue weighted by Crippen LogP contribution is 2.39. The maximum Gasteiger partial charge on any atom is 0.411 e. The van der Waals surface area contributed by atoms with Crippen LogP contribution in [0.2, 0.25) is 0 Å². The Morgan fingerprint density at radius 1 is 1.19 bits per heavy atom. The topological polar surface area (TPSA) is 29.5 Å². The van der Waals surface area contributed by atoms with Crippen LogP contribution in [0, 0.1) is 5.92 Å². The summed E-state index contributed by atoms with van der Waals surface area (Å²) in [6.07, 6.45) is 1.86. The van der Waals surface area contributed by atoms with Crippen molar-refractivity contribution in [3.05, 3.63) is 35.9 Å². The summed E-state index contributed by atoms with van der Waals surface area (Å²) in [6.45, 7) is 10.1. The molecule has 1 aliphatic heterocycles. The van der Waals surface area contributed by atoms with Crippen molar-refractivity contribution >= 4 is 6.09 Å². The van der Waals surface area contributed by atoms with Crippen LogP contribution in [0.15, 0.2) is 30.3 Å². The maximum atomic E-state index is 12.7. The summed E-state index contributed by atoms with van der Waals surface area (Å²) in [5.41, 5.74) is 0.745. The molecule has 1 saturated heterocycles. The first-order valence-corrected chi connectivity index (χ1v) is 7.86. The first kappa shape index (κ1) is 15.9. The predicted molar refractivity (Wildman–Crippen MR) is 85.1 cm³/mol. The number of benzene rings is 1. The van der Waals surface area contributed by atoms with Gasteiger partial charge in [-0.2, -0.15) is 0 Å². The van der Waals surface area contributed by atoms with Crippen LogP contribution in [0.1, 0.15) is 59.1 Å². The summed E-state index contributed by atoms with van der Waals surface area (Å²) >= 11 is 0. The minimum atomic E-state index is -0.456. The zero-order valence-electron chi connectivity index (χ0n) is 13.8. The molecule has 0 radical (unpaired) electrons. The van der Waals surface area contributed by atoms with E-state index in [0.29, 0.717) is 5.92 Å². The molecule has 1 heterocycles. The lowest BCUT2D eigenvalue weighted by molar-refractivity contribution is 0.0102. The van der Waals surface area contributed by atoms with Gasteiger partial charge in [-0.3, -0.25) is 4.90 Å². The van der Waals surface area contributed by atoms with Gasteiger partial charge in [0, 0.05) is 6.04 Å². The second-order valence-electron chi connectivity index (χ2n) is 7.20. The van der Waals surface area contributed by atoms with Gasteiger partial charge in [0.05, 0.1) is 6.04 Å². The van der Waals surface area contributed by atoms with Crippen molar-refractivity contribution in [3.8, 4) is 0 Å². The van der Waals surface area contributed by atoms with Crippen molar-refractivity contribution in [2.45, 2.75) is 65.1 Å². The van der Waals surface area contributed by atoms with Crippen LogP contribution in [-0.2, 0) is 4.74 Å². The van der Waals surface area contributed by atoms with Gasteiger partial charge >= 0.3 is 6.09 Å². The third-order valence-corrected chi connectivity index (χ3v) is 3.99. The van der Waals surface area contributed by atoms with Crippen LogP contribution in [0.4, 0.5) is 4.79 Å². The third-order valence-electron chi connectivity index (χ3n) is 3.99. The standard InChI is InChI=1S/C18H27NO2/c1-13(2)15-11-12-16(14-9-7-6-8-10-14)19(15)17(20)21-18(3,4)5/h6-10,13,15-16H,11-12H2,1-5H3/t15-,16+/m0/s1. The van der Waals surface area contributed by atoms with Gasteiger partial charge in [0.1, 0.15) is 5.60 Å². The molecule has 0 aromatic heterocycles. The number of nitrogens with zero attached hydrogens (tertiary/aromatic N) is 1. The Bertz CT molecular complexity index is 476. The molecule has 2 atom stereocenters. The first-order valence-electron chi connectivity index (χ1n) is 7.86. The molecule has 3 heteroatoms. The Morgan fingerprint density at radius 3 is 2.33 bits per heavy atom. The Kier molecular flexibility index (Phi) is 4.60. The quantitative estimate of drug-likeness (QED) is 0.784. The minimum absolute atomic E-state index is 0.133. The number of amides is 1. The number of carbonyl (C=O) groups is 1. The Labute approximate surface area is 128 Å². The summed E-state index contributed by atoms with van der Waals surface area (Å²) in [4.78, 5) is 14.6. The summed E-state index contributed by atoms with van der Waals surface area (Å²) in [5, 5.41) is 0. The van der Waals surface area contributed by atoms with Crippen LogP contribution in [0.25, 0.3) is 0 Å². The van der Waals surface area contributed by atoms with E-state index in [1.807, 2.05) is 43.9 Å². The molecule has 1 aliphatic rings. The van der Waals surface area contributed by atoms with Gasteiger partial charge in [0.15, 0.2) is 0 Å². The number of hydrogen-bond acceptors (Lipinski definition) is 2. The average molecular weight is 289 g/mol. The summed E-state index contributed by atoms with van der Waals surface area (Å²) in [6, 6.07) is 10.7. The van der Waals surface area contributed by atoms with Gasteiger partial charge in [0.2, 0.25) is 0 Å². The van der Waals surface area contributed by atoms with Gasteiger partial charge in [-0.15, -0.1) is 0 Å². The van der Waals surface area contributed by atoms with Gasteiger partial charge in [-0.1, -0.05) is 44.2 Å². The second kappa shape index (κ2) is 6.08. The fourth-order valence-electron chi connectivity index (χ4n) is 3.07. The number of rotatable bonds is 2. The molecule has 3 nitrogen and oxygen atoms in total. The zero-order valence-corrected chi connectivity index (χ0v) is 13.8. The molecule has 0 spiro atoms. The molecule has 2 rings (SSSR count). The van der Waals surface area contributed by atoms with E-state index in [2.05, 4.69) is 26.0 Å². The molecule has 0 saturated carbocycles. The fraction of sp³-hybridized carbons (Fsp3) is 0.611. The molecule has 116 valence electrons. The van der Waals surface area contributed by atoms with Crippen molar-refractivity contribution in [3.63, 3.8) is 0 Å². The van der Waals surface area contributed by atoms with Crippen LogP contribution >= 0.6 is 0 Å². The van der Waals surface area contributed by atoms with Crippen molar-refractivity contribution < 1.29 is 9.53 Å². The molecule has 1 aromatic rings. The number of carbonyl (C=O) groups excluding carboxylic acids is 1. The number of hydrogen-bond donors (Lipinski definition) is 0. The van der Waals surface area contributed by atoms with Gasteiger partial charge in [0.25, 0.3) is 0 Å². The first-order chi connectivity index (χ1) is 9.79. The lowest BCUT2D eigenvalue weighted by Gasteiger charge is -2.34. The summed E-state index contributed by atoms with van der Waals surface area (Å²) in [5.74, 6) is 0.436. The van der Waals surface area contributed by atoms with E-state index in [-0.39, 0.29) is 18.2 Å². The molecule has 1 amide bonds. The largest absolute Gasteiger partial charge is 0.444 e. The predicted octanol–water partition coefficient (Wildman–Crippen LogP) is 4.78. The van der Waals surface area contributed by atoms with Gasteiger partial charge in [-0.05, 0) is 45.1 Å². The Hall–Kier alpha value is -1.51. The SMILES string of the molecule is CC(C)[C@@H]1CC[C@H](c2ccccc2)N1C(=O)OC(C)(C)C. The molecular weight excluding hydrogens is 262 g/mol. The number of ether oxygens (including phenoxy) is 1. The molecule has 21 heavy (non-hydrogen) atoms. The minimum Gasteiger partial charge on any atom is -0.444 e. The smallest absolute Gasteiger partial charge is 0.411 e. The second-order valence-corrected chi connectivity index (χ2v) is 7.20. The van der Waals surface area contributed by atoms with Crippen molar-refractivity contribution in [2.24, 2.45) is 5.92 Å². The van der Waals surface area contributed by atoms with E-state index in [1.54, 1.807) is 0 Å². The molecule has 1 fully saturated rings. The summed E-state index contributed by atoms with van der Waals surface area (Å²) < 4.78 is 5.64. The lowest BCUT2D eigenvalue weighted by atomic mass is 10.0. The highest BCUT2D eigenvalue weighted by Gasteiger charge is 2.41. The van der Waals surface area contributed by atoms with Crippen LogP contribution in [-0.4, -0.2) is 22.6 Å².